The van der Waals surface area contributed by atoms with Gasteiger partial charge < -0.3 is 15.5 Å². The normalized spacial score (nSPS) is 17.1. The first-order valence-corrected chi connectivity index (χ1v) is 5.96. The van der Waals surface area contributed by atoms with E-state index in [1.807, 2.05) is 0 Å². The SMILES string of the molecule is CCC(C)N(C)CCNC1=NCCCN1.I. The van der Waals surface area contributed by atoms with E-state index in [1.165, 1.54) is 6.42 Å². The molecule has 0 amide bonds. The molecular formula is C11H25IN4. The molecule has 1 unspecified atom stereocenters. The number of aliphatic imine (C=N–C) groups is 1. The molecule has 0 bridgehead atoms. The van der Waals surface area contributed by atoms with Crippen molar-refractivity contribution in [3.05, 3.63) is 0 Å². The van der Waals surface area contributed by atoms with Crippen LogP contribution in [-0.2, 0) is 0 Å². The van der Waals surface area contributed by atoms with Crippen LogP contribution >= 0.6 is 24.0 Å². The lowest BCUT2D eigenvalue weighted by atomic mass is 10.2. The summed E-state index contributed by atoms with van der Waals surface area (Å²) in [6.07, 6.45) is 2.35. The first-order valence-electron chi connectivity index (χ1n) is 5.96. The van der Waals surface area contributed by atoms with Crippen molar-refractivity contribution in [1.29, 1.82) is 0 Å². The average Bonchev–Trinajstić information content (AvgIpc) is 2.29. The zero-order chi connectivity index (χ0) is 11.1. The molecule has 4 nitrogen and oxygen atoms in total. The summed E-state index contributed by atoms with van der Waals surface area (Å²) in [5, 5.41) is 6.59. The molecule has 2 N–H and O–H groups in total. The van der Waals surface area contributed by atoms with Gasteiger partial charge in [0, 0.05) is 32.2 Å². The molecule has 1 rings (SSSR count). The summed E-state index contributed by atoms with van der Waals surface area (Å²) in [5.74, 6) is 0.971. The van der Waals surface area contributed by atoms with Gasteiger partial charge in [0.25, 0.3) is 0 Å². The molecule has 0 radical (unpaired) electrons. The third-order valence-corrected chi connectivity index (χ3v) is 3.00. The highest BCUT2D eigenvalue weighted by molar-refractivity contribution is 14.0. The number of likely N-dealkylation sites (N-methyl/N-ethyl adjacent to an activating group) is 1. The maximum absolute atomic E-state index is 4.37. The lowest BCUT2D eigenvalue weighted by Gasteiger charge is -2.24. The van der Waals surface area contributed by atoms with Crippen LogP contribution in [0, 0.1) is 0 Å². The molecule has 0 aromatic carbocycles. The maximum atomic E-state index is 4.37. The second-order valence-corrected chi connectivity index (χ2v) is 4.18. The molecule has 5 heteroatoms. The fourth-order valence-corrected chi connectivity index (χ4v) is 1.53. The molecule has 0 aliphatic carbocycles. The predicted molar refractivity (Wildman–Crippen MR) is 80.7 cm³/mol. The van der Waals surface area contributed by atoms with Crippen LogP contribution in [0.2, 0.25) is 0 Å². The van der Waals surface area contributed by atoms with Gasteiger partial charge in [0.2, 0.25) is 0 Å². The van der Waals surface area contributed by atoms with Crippen molar-refractivity contribution in [2.45, 2.75) is 32.7 Å². The van der Waals surface area contributed by atoms with E-state index in [-0.39, 0.29) is 24.0 Å². The van der Waals surface area contributed by atoms with Crippen molar-refractivity contribution in [2.75, 3.05) is 33.2 Å². The lowest BCUT2D eigenvalue weighted by molar-refractivity contribution is 0.255. The molecule has 0 spiro atoms. The second kappa shape index (κ2) is 9.04. The summed E-state index contributed by atoms with van der Waals surface area (Å²) in [6.45, 7) is 8.52. The fraction of sp³-hybridized carbons (Fsp3) is 0.909. The summed E-state index contributed by atoms with van der Waals surface area (Å²) in [6, 6.07) is 0.660. The highest BCUT2D eigenvalue weighted by Gasteiger charge is 2.07. The maximum Gasteiger partial charge on any atom is 0.191 e. The predicted octanol–water partition coefficient (Wildman–Crippen LogP) is 1.27. The number of hydrogen-bond donors (Lipinski definition) is 2. The Kier molecular flexibility index (Phi) is 9.02. The number of guanidine groups is 1. The standard InChI is InChI=1S/C11H24N4.HI/c1-4-10(2)15(3)9-8-14-11-12-6-5-7-13-11;/h10H,4-9H2,1-3H3,(H2,12,13,14);1H. The first-order chi connectivity index (χ1) is 7.24. The molecular weight excluding hydrogens is 315 g/mol. The van der Waals surface area contributed by atoms with E-state index in [2.05, 4.69) is 41.4 Å². The van der Waals surface area contributed by atoms with Gasteiger partial charge in [0.05, 0.1) is 0 Å². The van der Waals surface area contributed by atoms with Crippen LogP contribution in [0.4, 0.5) is 0 Å². The van der Waals surface area contributed by atoms with Crippen LogP contribution in [0.3, 0.4) is 0 Å². The summed E-state index contributed by atoms with van der Waals surface area (Å²) in [7, 11) is 2.17. The summed E-state index contributed by atoms with van der Waals surface area (Å²) >= 11 is 0. The molecule has 0 aromatic heterocycles. The highest BCUT2D eigenvalue weighted by atomic mass is 127. The van der Waals surface area contributed by atoms with Crippen molar-refractivity contribution in [3.63, 3.8) is 0 Å². The van der Waals surface area contributed by atoms with Gasteiger partial charge in [-0.05, 0) is 26.8 Å². The first kappa shape index (κ1) is 16.0. The fourth-order valence-electron chi connectivity index (χ4n) is 1.53. The molecule has 1 heterocycles. The molecule has 0 saturated carbocycles. The minimum Gasteiger partial charge on any atom is -0.356 e. The van der Waals surface area contributed by atoms with Crippen LogP contribution in [0.25, 0.3) is 0 Å². The molecule has 0 saturated heterocycles. The molecule has 96 valence electrons. The Morgan fingerprint density at radius 1 is 1.56 bits per heavy atom. The Balaban J connectivity index is 0.00000225. The van der Waals surface area contributed by atoms with Crippen molar-refractivity contribution in [3.8, 4) is 0 Å². The van der Waals surface area contributed by atoms with E-state index in [0.29, 0.717) is 6.04 Å². The van der Waals surface area contributed by atoms with E-state index < -0.39 is 0 Å². The van der Waals surface area contributed by atoms with Gasteiger partial charge in [-0.2, -0.15) is 0 Å². The summed E-state index contributed by atoms with van der Waals surface area (Å²) < 4.78 is 0. The summed E-state index contributed by atoms with van der Waals surface area (Å²) in [5.41, 5.74) is 0. The molecule has 1 aliphatic rings. The zero-order valence-corrected chi connectivity index (χ0v) is 13.0. The monoisotopic (exact) mass is 340 g/mol. The van der Waals surface area contributed by atoms with Crippen LogP contribution in [-0.4, -0.2) is 50.1 Å². The van der Waals surface area contributed by atoms with Crippen molar-refractivity contribution < 1.29 is 0 Å². The quantitative estimate of drug-likeness (QED) is 0.741. The Bertz CT molecular complexity index is 208. The van der Waals surface area contributed by atoms with Gasteiger partial charge in [-0.15, -0.1) is 24.0 Å². The second-order valence-electron chi connectivity index (χ2n) is 4.18. The van der Waals surface area contributed by atoms with E-state index in [4.69, 9.17) is 0 Å². The van der Waals surface area contributed by atoms with Gasteiger partial charge >= 0.3 is 0 Å². The van der Waals surface area contributed by atoms with Gasteiger partial charge in [-0.1, -0.05) is 6.92 Å². The van der Waals surface area contributed by atoms with Crippen LogP contribution in [0.1, 0.15) is 26.7 Å². The zero-order valence-electron chi connectivity index (χ0n) is 10.6. The van der Waals surface area contributed by atoms with E-state index in [0.717, 1.165) is 38.6 Å². The smallest absolute Gasteiger partial charge is 0.191 e. The number of rotatable bonds is 5. The van der Waals surface area contributed by atoms with Gasteiger partial charge in [-0.3, -0.25) is 4.99 Å². The number of nitrogens with one attached hydrogen (secondary N) is 2. The van der Waals surface area contributed by atoms with E-state index >= 15 is 0 Å². The number of nitrogens with zero attached hydrogens (tertiary/aromatic N) is 2. The van der Waals surface area contributed by atoms with Crippen LogP contribution in [0.5, 0.6) is 0 Å². The van der Waals surface area contributed by atoms with Crippen molar-refractivity contribution >= 4 is 29.9 Å². The lowest BCUT2D eigenvalue weighted by Crippen LogP contribution is -2.44. The Labute approximate surface area is 116 Å². The Morgan fingerprint density at radius 3 is 2.88 bits per heavy atom. The highest BCUT2D eigenvalue weighted by Crippen LogP contribution is 1.98. The minimum absolute atomic E-state index is 0. The van der Waals surface area contributed by atoms with Crippen LogP contribution < -0.4 is 10.6 Å². The molecule has 1 atom stereocenters. The Hall–Kier alpha value is -0.0400. The van der Waals surface area contributed by atoms with E-state index in [9.17, 15) is 0 Å². The third-order valence-electron chi connectivity index (χ3n) is 3.00. The average molecular weight is 340 g/mol. The minimum atomic E-state index is 0. The van der Waals surface area contributed by atoms with Gasteiger partial charge in [-0.25, -0.2) is 0 Å². The van der Waals surface area contributed by atoms with Crippen molar-refractivity contribution in [1.82, 2.24) is 15.5 Å². The van der Waals surface area contributed by atoms with Gasteiger partial charge in [0.15, 0.2) is 5.96 Å². The largest absolute Gasteiger partial charge is 0.356 e. The van der Waals surface area contributed by atoms with Crippen LogP contribution in [0.15, 0.2) is 4.99 Å². The topological polar surface area (TPSA) is 39.7 Å². The van der Waals surface area contributed by atoms with Gasteiger partial charge in [0.1, 0.15) is 0 Å². The molecule has 16 heavy (non-hydrogen) atoms. The molecule has 0 aromatic rings. The number of hydrogen-bond acceptors (Lipinski definition) is 4. The van der Waals surface area contributed by atoms with Crippen molar-refractivity contribution in [2.24, 2.45) is 4.99 Å². The number of halogens is 1. The van der Waals surface area contributed by atoms with E-state index in [1.54, 1.807) is 0 Å². The molecule has 0 fully saturated rings. The Morgan fingerprint density at radius 2 is 2.31 bits per heavy atom. The third kappa shape index (κ3) is 5.89. The summed E-state index contributed by atoms with van der Waals surface area (Å²) in [4.78, 5) is 6.74. The molecule has 1 aliphatic heterocycles.